The molecule has 2 aromatic rings. The second kappa shape index (κ2) is 4.18. The van der Waals surface area contributed by atoms with Gasteiger partial charge in [-0.1, -0.05) is 0 Å². The summed E-state index contributed by atoms with van der Waals surface area (Å²) in [6.45, 7) is 2.03. The first kappa shape index (κ1) is 10.4. The van der Waals surface area contributed by atoms with Gasteiger partial charge in [0.1, 0.15) is 5.69 Å². The van der Waals surface area contributed by atoms with Crippen molar-refractivity contribution in [2.75, 3.05) is 6.61 Å². The molecule has 0 unspecified atom stereocenters. The van der Waals surface area contributed by atoms with Crippen molar-refractivity contribution in [2.45, 2.75) is 6.92 Å². The third-order valence-corrected chi connectivity index (χ3v) is 1.98. The van der Waals surface area contributed by atoms with E-state index in [1.165, 1.54) is 6.39 Å². The molecule has 0 aliphatic carbocycles. The van der Waals surface area contributed by atoms with Crippen LogP contribution in [0.1, 0.15) is 17.4 Å². The van der Waals surface area contributed by atoms with Crippen molar-refractivity contribution in [3.8, 4) is 11.5 Å². The Morgan fingerprint density at radius 3 is 3.06 bits per heavy atom. The van der Waals surface area contributed by atoms with Gasteiger partial charge in [-0.3, -0.25) is 4.68 Å². The third-order valence-electron chi connectivity index (χ3n) is 1.98. The van der Waals surface area contributed by atoms with E-state index in [0.717, 1.165) is 0 Å². The van der Waals surface area contributed by atoms with Crippen LogP contribution < -0.4 is 0 Å². The molecule has 16 heavy (non-hydrogen) atoms. The van der Waals surface area contributed by atoms with Crippen molar-refractivity contribution in [3.63, 3.8) is 0 Å². The average Bonchev–Trinajstić information content (AvgIpc) is 2.85. The highest BCUT2D eigenvalue weighted by Crippen LogP contribution is 2.21. The molecule has 84 valence electrons. The molecule has 6 nitrogen and oxygen atoms in total. The maximum Gasteiger partial charge on any atom is 0.361 e. The molecular weight excluding hydrogens is 210 g/mol. The Hall–Kier alpha value is -2.11. The molecule has 2 aromatic heterocycles. The van der Waals surface area contributed by atoms with E-state index in [1.807, 2.05) is 0 Å². The number of nitrogens with zero attached hydrogens (tertiary/aromatic N) is 3. The van der Waals surface area contributed by atoms with Crippen molar-refractivity contribution < 1.29 is 13.9 Å². The van der Waals surface area contributed by atoms with Crippen LogP contribution in [-0.2, 0) is 11.8 Å². The molecule has 2 rings (SSSR count). The molecular formula is C10H11N3O3. The Labute approximate surface area is 91.8 Å². The van der Waals surface area contributed by atoms with Crippen LogP contribution in [0.15, 0.2) is 23.1 Å². The summed E-state index contributed by atoms with van der Waals surface area (Å²) in [4.78, 5) is 15.4. The van der Waals surface area contributed by atoms with Crippen molar-refractivity contribution in [1.29, 1.82) is 0 Å². The largest absolute Gasteiger partial charge is 0.461 e. The highest BCUT2D eigenvalue weighted by molar-refractivity contribution is 5.92. The number of aryl methyl sites for hydroxylation is 1. The van der Waals surface area contributed by atoms with Crippen molar-refractivity contribution in [2.24, 2.45) is 7.05 Å². The first-order valence-corrected chi connectivity index (χ1v) is 4.83. The average molecular weight is 221 g/mol. The molecule has 0 aliphatic rings. The van der Waals surface area contributed by atoms with Gasteiger partial charge in [0.15, 0.2) is 17.8 Å². The number of ether oxygens (including phenoxy) is 1. The molecule has 0 aliphatic heterocycles. The second-order valence-corrected chi connectivity index (χ2v) is 3.13. The summed E-state index contributed by atoms with van der Waals surface area (Å²) in [5.41, 5.74) is 0.712. The Bertz CT molecular complexity index is 501. The first-order valence-electron chi connectivity index (χ1n) is 4.83. The van der Waals surface area contributed by atoms with Gasteiger partial charge in [0.2, 0.25) is 0 Å². The van der Waals surface area contributed by atoms with E-state index in [9.17, 15) is 4.79 Å². The summed E-state index contributed by atoms with van der Waals surface area (Å²) in [6.07, 6.45) is 2.96. The molecule has 0 saturated heterocycles. The van der Waals surface area contributed by atoms with Gasteiger partial charge in [0, 0.05) is 13.2 Å². The first-order chi connectivity index (χ1) is 7.72. The molecule has 0 atom stereocenters. The van der Waals surface area contributed by atoms with Gasteiger partial charge in [0.25, 0.3) is 0 Å². The molecule has 0 saturated carbocycles. The van der Waals surface area contributed by atoms with E-state index in [-0.39, 0.29) is 5.69 Å². The summed E-state index contributed by atoms with van der Waals surface area (Å²) in [6, 6.07) is 1.74. The standard InChI is InChI=1S/C10H11N3O3/c1-3-15-10(14)8-9(16-6-11-8)7-4-5-13(2)12-7/h4-6H,3H2,1-2H3. The van der Waals surface area contributed by atoms with Gasteiger partial charge < -0.3 is 9.15 Å². The molecule has 0 aromatic carbocycles. The van der Waals surface area contributed by atoms with Gasteiger partial charge >= 0.3 is 5.97 Å². The zero-order valence-corrected chi connectivity index (χ0v) is 9.01. The zero-order chi connectivity index (χ0) is 11.5. The molecule has 0 bridgehead atoms. The van der Waals surface area contributed by atoms with Crippen LogP contribution in [0.2, 0.25) is 0 Å². The number of oxazole rings is 1. The minimum Gasteiger partial charge on any atom is -0.461 e. The summed E-state index contributed by atoms with van der Waals surface area (Å²) in [7, 11) is 1.78. The molecule has 0 spiro atoms. The fraction of sp³-hybridized carbons (Fsp3) is 0.300. The summed E-state index contributed by atoms with van der Waals surface area (Å²) in [5, 5.41) is 4.13. The second-order valence-electron chi connectivity index (χ2n) is 3.13. The highest BCUT2D eigenvalue weighted by atomic mass is 16.5. The lowest BCUT2D eigenvalue weighted by molar-refractivity contribution is 0.0520. The smallest absolute Gasteiger partial charge is 0.361 e. The number of esters is 1. The lowest BCUT2D eigenvalue weighted by Gasteiger charge is -1.98. The van der Waals surface area contributed by atoms with Gasteiger partial charge in [0.05, 0.1) is 6.61 Å². The Balaban J connectivity index is 2.36. The van der Waals surface area contributed by atoms with Gasteiger partial charge in [-0.25, -0.2) is 9.78 Å². The van der Waals surface area contributed by atoms with Crippen LogP contribution in [0.5, 0.6) is 0 Å². The minimum absolute atomic E-state index is 0.153. The number of hydrogen-bond acceptors (Lipinski definition) is 5. The Kier molecular flexibility index (Phi) is 2.72. The van der Waals surface area contributed by atoms with Crippen LogP contribution in [0.3, 0.4) is 0 Å². The molecule has 0 fully saturated rings. The molecule has 0 radical (unpaired) electrons. The van der Waals surface area contributed by atoms with Gasteiger partial charge in [-0.05, 0) is 13.0 Å². The Morgan fingerprint density at radius 1 is 1.62 bits per heavy atom. The van der Waals surface area contributed by atoms with Crippen LogP contribution in [0.25, 0.3) is 11.5 Å². The van der Waals surface area contributed by atoms with Gasteiger partial charge in [-0.15, -0.1) is 0 Å². The lowest BCUT2D eigenvalue weighted by Crippen LogP contribution is -2.06. The molecule has 6 heteroatoms. The maximum absolute atomic E-state index is 11.5. The Morgan fingerprint density at radius 2 is 2.44 bits per heavy atom. The summed E-state index contributed by atoms with van der Waals surface area (Å²) in [5.74, 6) is -0.170. The molecule has 0 amide bonds. The predicted molar refractivity (Wildman–Crippen MR) is 54.7 cm³/mol. The topological polar surface area (TPSA) is 70.2 Å². The van der Waals surface area contributed by atoms with Gasteiger partial charge in [-0.2, -0.15) is 5.10 Å². The third kappa shape index (κ3) is 1.81. The van der Waals surface area contributed by atoms with Crippen LogP contribution >= 0.6 is 0 Å². The number of carbonyl (C=O) groups is 1. The predicted octanol–water partition coefficient (Wildman–Crippen LogP) is 1.25. The van der Waals surface area contributed by atoms with Crippen LogP contribution in [0.4, 0.5) is 0 Å². The number of hydrogen-bond donors (Lipinski definition) is 0. The normalized spacial score (nSPS) is 10.4. The lowest BCUT2D eigenvalue weighted by atomic mass is 10.3. The van der Waals surface area contributed by atoms with E-state index >= 15 is 0 Å². The van der Waals surface area contributed by atoms with E-state index in [0.29, 0.717) is 18.1 Å². The number of rotatable bonds is 3. The monoisotopic (exact) mass is 221 g/mol. The maximum atomic E-state index is 11.5. The summed E-state index contributed by atoms with van der Waals surface area (Å²) >= 11 is 0. The van der Waals surface area contributed by atoms with Crippen molar-refractivity contribution in [3.05, 3.63) is 24.4 Å². The van der Waals surface area contributed by atoms with E-state index in [1.54, 1.807) is 30.9 Å². The fourth-order valence-corrected chi connectivity index (χ4v) is 1.31. The highest BCUT2D eigenvalue weighted by Gasteiger charge is 2.20. The van der Waals surface area contributed by atoms with E-state index in [4.69, 9.17) is 9.15 Å². The quantitative estimate of drug-likeness (QED) is 0.729. The summed E-state index contributed by atoms with van der Waals surface area (Å²) < 4.78 is 11.6. The number of carbonyl (C=O) groups excluding carboxylic acids is 1. The fourth-order valence-electron chi connectivity index (χ4n) is 1.31. The molecule has 0 N–H and O–H groups in total. The van der Waals surface area contributed by atoms with Crippen LogP contribution in [-0.4, -0.2) is 27.3 Å². The molecule has 2 heterocycles. The van der Waals surface area contributed by atoms with Crippen molar-refractivity contribution in [1.82, 2.24) is 14.8 Å². The van der Waals surface area contributed by atoms with Crippen LogP contribution in [0, 0.1) is 0 Å². The zero-order valence-electron chi connectivity index (χ0n) is 9.01. The van der Waals surface area contributed by atoms with Crippen molar-refractivity contribution >= 4 is 5.97 Å². The minimum atomic E-state index is -0.503. The van der Waals surface area contributed by atoms with E-state index in [2.05, 4.69) is 10.1 Å². The number of aromatic nitrogens is 3. The SMILES string of the molecule is CCOC(=O)c1ncoc1-c1ccn(C)n1. The van der Waals surface area contributed by atoms with E-state index < -0.39 is 5.97 Å².